The third kappa shape index (κ3) is 31.3. The Hall–Kier alpha value is -0.690. The second-order valence-corrected chi connectivity index (χ2v) is 12.6. The molecular formula is C38H77NO5. The van der Waals surface area contributed by atoms with Crippen LogP contribution in [0.3, 0.4) is 0 Å². The number of carbonyl (C=O) groups is 1. The zero-order valence-electron chi connectivity index (χ0n) is 30.2. The molecule has 0 spiro atoms. The van der Waals surface area contributed by atoms with Gasteiger partial charge in [-0.1, -0.05) is 149 Å². The summed E-state index contributed by atoms with van der Waals surface area (Å²) in [5.41, 5.74) is 0. The molecule has 0 heterocycles. The number of amides is 1. The van der Waals surface area contributed by atoms with Crippen LogP contribution in [0, 0.1) is 0 Å². The van der Waals surface area contributed by atoms with Gasteiger partial charge >= 0.3 is 0 Å². The van der Waals surface area contributed by atoms with Gasteiger partial charge in [0.15, 0.2) is 6.29 Å². The maximum absolute atomic E-state index is 13.1. The largest absolute Gasteiger partial charge is 0.377 e. The predicted octanol–water partition coefficient (Wildman–Crippen LogP) is 10.6. The molecule has 1 amide bonds. The lowest BCUT2D eigenvalue weighted by molar-refractivity contribution is -0.169. The first-order chi connectivity index (χ1) is 21.7. The summed E-state index contributed by atoms with van der Waals surface area (Å²) in [6.45, 7) is 13.2. The molecule has 0 radical (unpaired) electrons. The van der Waals surface area contributed by atoms with Crippen LogP contribution in [0.5, 0.6) is 0 Å². The third-order valence-corrected chi connectivity index (χ3v) is 8.47. The van der Waals surface area contributed by atoms with E-state index in [9.17, 15) is 4.79 Å². The van der Waals surface area contributed by atoms with E-state index in [0.717, 1.165) is 19.4 Å². The van der Waals surface area contributed by atoms with Gasteiger partial charge in [0.05, 0.1) is 26.4 Å². The lowest BCUT2D eigenvalue weighted by Crippen LogP contribution is -2.35. The molecule has 0 saturated carbocycles. The van der Waals surface area contributed by atoms with Crippen LogP contribution in [0.1, 0.15) is 182 Å². The zero-order valence-corrected chi connectivity index (χ0v) is 30.2. The molecule has 44 heavy (non-hydrogen) atoms. The standard InChI is InChI=1S/C38H77NO5/c1-5-9-11-13-15-17-19-21-23-25-27-29-31-39(32-33-41-34-35-42-36-38(43-7-3)44-8-4)37(40)30-28-26-24-22-20-18-16-14-12-10-6-2/h38H,5-36H2,1-4H3. The molecule has 264 valence electrons. The van der Waals surface area contributed by atoms with Gasteiger partial charge in [0.25, 0.3) is 0 Å². The molecule has 0 aliphatic carbocycles. The molecule has 0 bridgehead atoms. The van der Waals surface area contributed by atoms with Gasteiger partial charge in [-0.05, 0) is 26.7 Å². The topological polar surface area (TPSA) is 57.2 Å². The molecule has 0 aromatic carbocycles. The van der Waals surface area contributed by atoms with Crippen LogP contribution in [0.25, 0.3) is 0 Å². The third-order valence-electron chi connectivity index (χ3n) is 8.47. The monoisotopic (exact) mass is 628 g/mol. The van der Waals surface area contributed by atoms with Crippen molar-refractivity contribution in [1.82, 2.24) is 4.90 Å². The number of carbonyl (C=O) groups excluding carboxylic acids is 1. The lowest BCUT2D eigenvalue weighted by atomic mass is 10.0. The summed E-state index contributed by atoms with van der Waals surface area (Å²) in [6.07, 6.45) is 30.8. The first-order valence-electron chi connectivity index (χ1n) is 19.4. The van der Waals surface area contributed by atoms with Crippen LogP contribution in [-0.4, -0.2) is 69.8 Å². The van der Waals surface area contributed by atoms with Crippen LogP contribution in [0.15, 0.2) is 0 Å². The Labute approximate surface area is 275 Å². The van der Waals surface area contributed by atoms with Crippen molar-refractivity contribution in [2.75, 3.05) is 52.7 Å². The fraction of sp³-hybridized carbons (Fsp3) is 0.974. The summed E-state index contributed by atoms with van der Waals surface area (Å²) in [7, 11) is 0. The number of unbranched alkanes of at least 4 members (excludes halogenated alkanes) is 21. The van der Waals surface area contributed by atoms with Crippen molar-refractivity contribution in [3.8, 4) is 0 Å². The molecular weight excluding hydrogens is 550 g/mol. The van der Waals surface area contributed by atoms with E-state index in [1.807, 2.05) is 13.8 Å². The van der Waals surface area contributed by atoms with E-state index >= 15 is 0 Å². The van der Waals surface area contributed by atoms with Crippen molar-refractivity contribution < 1.29 is 23.7 Å². The molecule has 0 rings (SSSR count). The molecule has 6 heteroatoms. The summed E-state index contributed by atoms with van der Waals surface area (Å²) in [4.78, 5) is 15.2. The van der Waals surface area contributed by atoms with Crippen LogP contribution in [0.2, 0.25) is 0 Å². The van der Waals surface area contributed by atoms with Gasteiger partial charge in [-0.3, -0.25) is 4.79 Å². The highest BCUT2D eigenvalue weighted by Crippen LogP contribution is 2.14. The highest BCUT2D eigenvalue weighted by atomic mass is 16.7. The van der Waals surface area contributed by atoms with Crippen LogP contribution >= 0.6 is 0 Å². The summed E-state index contributed by atoms with van der Waals surface area (Å²) in [5.74, 6) is 0.306. The molecule has 0 aromatic rings. The first-order valence-corrected chi connectivity index (χ1v) is 19.4. The minimum absolute atomic E-state index is 0.306. The van der Waals surface area contributed by atoms with E-state index in [2.05, 4.69) is 18.7 Å². The Morgan fingerprint density at radius 3 is 1.34 bits per heavy atom. The molecule has 6 nitrogen and oxygen atoms in total. The van der Waals surface area contributed by atoms with Gasteiger partial charge in [-0.15, -0.1) is 0 Å². The maximum atomic E-state index is 13.1. The zero-order chi connectivity index (χ0) is 32.2. The van der Waals surface area contributed by atoms with E-state index in [-0.39, 0.29) is 6.29 Å². The summed E-state index contributed by atoms with van der Waals surface area (Å²) in [6, 6.07) is 0. The van der Waals surface area contributed by atoms with E-state index in [0.29, 0.717) is 58.5 Å². The van der Waals surface area contributed by atoms with Gasteiger partial charge in [0, 0.05) is 32.7 Å². The quantitative estimate of drug-likeness (QED) is 0.0507. The Balaban J connectivity index is 4.18. The number of hydrogen-bond acceptors (Lipinski definition) is 5. The van der Waals surface area contributed by atoms with E-state index in [1.165, 1.54) is 135 Å². The molecule has 0 unspecified atom stereocenters. The minimum Gasteiger partial charge on any atom is -0.377 e. The fourth-order valence-corrected chi connectivity index (χ4v) is 5.69. The Bertz CT molecular complexity index is 555. The van der Waals surface area contributed by atoms with Gasteiger partial charge in [0.2, 0.25) is 5.91 Å². The van der Waals surface area contributed by atoms with Crippen molar-refractivity contribution in [2.45, 2.75) is 188 Å². The van der Waals surface area contributed by atoms with Crippen molar-refractivity contribution in [3.05, 3.63) is 0 Å². The maximum Gasteiger partial charge on any atom is 0.222 e. The number of nitrogens with zero attached hydrogens (tertiary/aromatic N) is 1. The first kappa shape index (κ1) is 43.3. The second kappa shape index (κ2) is 36.8. The number of hydrogen-bond donors (Lipinski definition) is 0. The van der Waals surface area contributed by atoms with Gasteiger partial charge in [0.1, 0.15) is 0 Å². The second-order valence-electron chi connectivity index (χ2n) is 12.6. The Morgan fingerprint density at radius 1 is 0.477 bits per heavy atom. The van der Waals surface area contributed by atoms with Crippen molar-refractivity contribution in [3.63, 3.8) is 0 Å². The number of rotatable bonds is 37. The Morgan fingerprint density at radius 2 is 0.886 bits per heavy atom. The summed E-state index contributed by atoms with van der Waals surface area (Å²) >= 11 is 0. The van der Waals surface area contributed by atoms with Gasteiger partial charge in [-0.2, -0.15) is 0 Å². The van der Waals surface area contributed by atoms with E-state index in [1.54, 1.807) is 0 Å². The van der Waals surface area contributed by atoms with Gasteiger partial charge < -0.3 is 23.8 Å². The average Bonchev–Trinajstić information content (AvgIpc) is 3.02. The molecule has 0 aromatic heterocycles. The molecule has 0 aliphatic heterocycles. The van der Waals surface area contributed by atoms with Crippen molar-refractivity contribution in [2.24, 2.45) is 0 Å². The Kier molecular flexibility index (Phi) is 36.2. The summed E-state index contributed by atoms with van der Waals surface area (Å²) < 4.78 is 22.5. The van der Waals surface area contributed by atoms with Crippen LogP contribution in [-0.2, 0) is 23.7 Å². The molecule has 0 atom stereocenters. The van der Waals surface area contributed by atoms with Crippen molar-refractivity contribution in [1.29, 1.82) is 0 Å². The smallest absolute Gasteiger partial charge is 0.222 e. The normalized spacial score (nSPS) is 11.6. The van der Waals surface area contributed by atoms with Crippen LogP contribution < -0.4 is 0 Å². The molecule has 0 fully saturated rings. The van der Waals surface area contributed by atoms with Gasteiger partial charge in [-0.25, -0.2) is 0 Å². The predicted molar refractivity (Wildman–Crippen MR) is 187 cm³/mol. The highest BCUT2D eigenvalue weighted by Gasteiger charge is 2.13. The molecule has 0 aliphatic rings. The minimum atomic E-state index is -0.316. The van der Waals surface area contributed by atoms with E-state index < -0.39 is 0 Å². The summed E-state index contributed by atoms with van der Waals surface area (Å²) in [5, 5.41) is 0. The van der Waals surface area contributed by atoms with Crippen molar-refractivity contribution >= 4 is 5.91 Å². The highest BCUT2D eigenvalue weighted by molar-refractivity contribution is 5.76. The number of ether oxygens (including phenoxy) is 4. The van der Waals surface area contributed by atoms with E-state index in [4.69, 9.17) is 18.9 Å². The average molecular weight is 628 g/mol. The SMILES string of the molecule is CCCCCCCCCCCCCCN(CCOCCOCC(OCC)OCC)C(=O)CCCCCCCCCCCCC. The molecule has 0 saturated heterocycles. The fourth-order valence-electron chi connectivity index (χ4n) is 5.69. The van der Waals surface area contributed by atoms with Crippen LogP contribution in [0.4, 0.5) is 0 Å². The lowest BCUT2D eigenvalue weighted by Gasteiger charge is -2.23. The molecule has 0 N–H and O–H groups in total.